The highest BCUT2D eigenvalue weighted by Crippen LogP contribution is 2.15. The maximum atomic E-state index is 11.9. The zero-order chi connectivity index (χ0) is 27.6. The van der Waals surface area contributed by atoms with E-state index in [0.29, 0.717) is 13.0 Å². The molecule has 0 aromatic carbocycles. The number of unbranched alkanes of at least 4 members (excludes halogenated alkanes) is 29. The predicted molar refractivity (Wildman–Crippen MR) is 170 cm³/mol. The monoisotopic (exact) mass is 537 g/mol. The van der Waals surface area contributed by atoms with Gasteiger partial charge in [0.1, 0.15) is 0 Å². The molecule has 0 unspecified atom stereocenters. The van der Waals surface area contributed by atoms with Gasteiger partial charge in [0.15, 0.2) is 0 Å². The summed E-state index contributed by atoms with van der Waals surface area (Å²) in [6.07, 6.45) is 43.1. The van der Waals surface area contributed by atoms with Crippen LogP contribution in [-0.2, 0) is 9.53 Å². The third-order valence-corrected chi connectivity index (χ3v) is 8.25. The Labute approximate surface area is 241 Å². The minimum absolute atomic E-state index is 0.0278. The summed E-state index contributed by atoms with van der Waals surface area (Å²) in [6, 6.07) is 0. The Bertz CT molecular complexity index is 433. The van der Waals surface area contributed by atoms with Gasteiger partial charge in [-0.3, -0.25) is 4.79 Å². The van der Waals surface area contributed by atoms with Gasteiger partial charge in [-0.1, -0.05) is 200 Å². The van der Waals surface area contributed by atoms with Crippen molar-refractivity contribution in [2.24, 2.45) is 0 Å². The van der Waals surface area contributed by atoms with Gasteiger partial charge in [0.05, 0.1) is 6.61 Å². The second kappa shape index (κ2) is 34.5. The van der Waals surface area contributed by atoms with E-state index in [1.54, 1.807) is 0 Å². The summed E-state index contributed by atoms with van der Waals surface area (Å²) >= 11 is 0. The van der Waals surface area contributed by atoms with Crippen molar-refractivity contribution in [1.29, 1.82) is 0 Å². The molecule has 0 aromatic rings. The highest BCUT2D eigenvalue weighted by atomic mass is 16.5. The van der Waals surface area contributed by atoms with Crippen LogP contribution in [0.15, 0.2) is 0 Å². The van der Waals surface area contributed by atoms with E-state index in [1.165, 1.54) is 186 Å². The molecule has 0 heterocycles. The minimum atomic E-state index is 0.0278. The normalized spacial score (nSPS) is 11.3. The molecule has 0 saturated heterocycles. The zero-order valence-electron chi connectivity index (χ0n) is 26.7. The van der Waals surface area contributed by atoms with Crippen LogP contribution in [0.25, 0.3) is 0 Å². The van der Waals surface area contributed by atoms with Gasteiger partial charge in [-0.2, -0.15) is 0 Å². The summed E-state index contributed by atoms with van der Waals surface area (Å²) in [5, 5.41) is 0. The topological polar surface area (TPSA) is 26.3 Å². The molecule has 0 spiro atoms. The molecule has 0 amide bonds. The molecule has 2 nitrogen and oxygen atoms in total. The number of carbonyl (C=O) groups is 1. The molecule has 0 aliphatic rings. The molecular formula is C36H72O2. The van der Waals surface area contributed by atoms with E-state index in [4.69, 9.17) is 4.74 Å². The van der Waals surface area contributed by atoms with Gasteiger partial charge in [0.2, 0.25) is 0 Å². The SMILES string of the molecule is CCCCCCCCCCCCCCCCCCCCCC(=O)OCCCCCCCCCCCCCC. The van der Waals surface area contributed by atoms with Crippen LogP contribution in [0.5, 0.6) is 0 Å². The van der Waals surface area contributed by atoms with E-state index in [-0.39, 0.29) is 5.97 Å². The van der Waals surface area contributed by atoms with Crippen molar-refractivity contribution in [3.8, 4) is 0 Å². The van der Waals surface area contributed by atoms with Crippen molar-refractivity contribution in [2.75, 3.05) is 6.61 Å². The van der Waals surface area contributed by atoms with Crippen LogP contribution < -0.4 is 0 Å². The van der Waals surface area contributed by atoms with Crippen molar-refractivity contribution in [3.63, 3.8) is 0 Å². The maximum absolute atomic E-state index is 11.9. The van der Waals surface area contributed by atoms with Gasteiger partial charge < -0.3 is 4.74 Å². The van der Waals surface area contributed by atoms with Crippen molar-refractivity contribution < 1.29 is 9.53 Å². The molecule has 0 aliphatic heterocycles. The van der Waals surface area contributed by atoms with Gasteiger partial charge >= 0.3 is 5.97 Å². The Morgan fingerprint density at radius 3 is 0.868 bits per heavy atom. The number of esters is 1. The number of hydrogen-bond donors (Lipinski definition) is 0. The first-order valence-electron chi connectivity index (χ1n) is 18.0. The van der Waals surface area contributed by atoms with E-state index >= 15 is 0 Å². The molecule has 228 valence electrons. The molecule has 0 aliphatic carbocycles. The summed E-state index contributed by atoms with van der Waals surface area (Å²) in [7, 11) is 0. The fourth-order valence-corrected chi connectivity index (χ4v) is 5.55. The molecule has 0 N–H and O–H groups in total. The molecule has 0 rings (SSSR count). The lowest BCUT2D eigenvalue weighted by atomic mass is 10.0. The molecule has 0 saturated carbocycles. The summed E-state index contributed by atoms with van der Waals surface area (Å²) in [4.78, 5) is 11.9. The van der Waals surface area contributed by atoms with Crippen molar-refractivity contribution in [3.05, 3.63) is 0 Å². The van der Waals surface area contributed by atoms with Gasteiger partial charge in [0, 0.05) is 6.42 Å². The Balaban J connectivity index is 3.13. The lowest BCUT2D eigenvalue weighted by Crippen LogP contribution is -2.05. The van der Waals surface area contributed by atoms with E-state index in [0.717, 1.165) is 12.8 Å². The van der Waals surface area contributed by atoms with Crippen LogP contribution in [0.3, 0.4) is 0 Å². The molecule has 0 radical (unpaired) electrons. The summed E-state index contributed by atoms with van der Waals surface area (Å²) in [5.41, 5.74) is 0. The second-order valence-electron chi connectivity index (χ2n) is 12.2. The summed E-state index contributed by atoms with van der Waals surface area (Å²) in [5.74, 6) is 0.0278. The first-order valence-corrected chi connectivity index (χ1v) is 18.0. The number of hydrogen-bond acceptors (Lipinski definition) is 2. The summed E-state index contributed by atoms with van der Waals surface area (Å²) < 4.78 is 5.43. The molecule has 0 atom stereocenters. The van der Waals surface area contributed by atoms with E-state index in [2.05, 4.69) is 13.8 Å². The van der Waals surface area contributed by atoms with Gasteiger partial charge in [-0.15, -0.1) is 0 Å². The van der Waals surface area contributed by atoms with Crippen LogP contribution in [-0.4, -0.2) is 12.6 Å². The predicted octanol–water partition coefficient (Wildman–Crippen LogP) is 13.1. The average molecular weight is 537 g/mol. The Hall–Kier alpha value is -0.530. The van der Waals surface area contributed by atoms with E-state index in [1.807, 2.05) is 0 Å². The third kappa shape index (κ3) is 33.5. The number of carbonyl (C=O) groups excluding carboxylic acids is 1. The van der Waals surface area contributed by atoms with Crippen LogP contribution in [0.4, 0.5) is 0 Å². The Morgan fingerprint density at radius 2 is 0.579 bits per heavy atom. The Morgan fingerprint density at radius 1 is 0.342 bits per heavy atom. The molecule has 0 bridgehead atoms. The Kier molecular flexibility index (Phi) is 34.0. The smallest absolute Gasteiger partial charge is 0.305 e. The standard InChI is InChI=1S/C36H72O2/c1-3-5-7-9-11-13-15-17-18-19-20-21-22-23-24-26-28-30-32-34-36(37)38-35-33-31-29-27-25-16-14-12-10-8-6-4-2/h3-35H2,1-2H3. The molecule has 38 heavy (non-hydrogen) atoms. The van der Waals surface area contributed by atoms with Crippen LogP contribution in [0, 0.1) is 0 Å². The average Bonchev–Trinajstić information content (AvgIpc) is 2.92. The quantitative estimate of drug-likeness (QED) is 0.0615. The lowest BCUT2D eigenvalue weighted by Gasteiger charge is -2.06. The molecule has 0 fully saturated rings. The second-order valence-corrected chi connectivity index (χ2v) is 12.2. The third-order valence-electron chi connectivity index (χ3n) is 8.25. The van der Waals surface area contributed by atoms with Crippen LogP contribution in [0.2, 0.25) is 0 Å². The molecule has 0 aromatic heterocycles. The van der Waals surface area contributed by atoms with E-state index < -0.39 is 0 Å². The van der Waals surface area contributed by atoms with Crippen molar-refractivity contribution in [1.82, 2.24) is 0 Å². The minimum Gasteiger partial charge on any atom is -0.466 e. The van der Waals surface area contributed by atoms with Crippen LogP contribution >= 0.6 is 0 Å². The van der Waals surface area contributed by atoms with Gasteiger partial charge in [-0.25, -0.2) is 0 Å². The fourth-order valence-electron chi connectivity index (χ4n) is 5.55. The molecule has 2 heteroatoms. The van der Waals surface area contributed by atoms with Crippen molar-refractivity contribution >= 4 is 5.97 Å². The number of rotatable bonds is 33. The first kappa shape index (κ1) is 37.5. The van der Waals surface area contributed by atoms with Gasteiger partial charge in [0.25, 0.3) is 0 Å². The largest absolute Gasteiger partial charge is 0.466 e. The zero-order valence-corrected chi connectivity index (χ0v) is 26.7. The fraction of sp³-hybridized carbons (Fsp3) is 0.972. The van der Waals surface area contributed by atoms with Gasteiger partial charge in [-0.05, 0) is 12.8 Å². The highest BCUT2D eigenvalue weighted by molar-refractivity contribution is 5.69. The maximum Gasteiger partial charge on any atom is 0.305 e. The molecular weight excluding hydrogens is 464 g/mol. The number of ether oxygens (including phenoxy) is 1. The first-order chi connectivity index (χ1) is 18.8. The lowest BCUT2D eigenvalue weighted by molar-refractivity contribution is -0.143. The highest BCUT2D eigenvalue weighted by Gasteiger charge is 2.03. The summed E-state index contributed by atoms with van der Waals surface area (Å²) in [6.45, 7) is 5.21. The van der Waals surface area contributed by atoms with Crippen LogP contribution in [0.1, 0.15) is 219 Å². The van der Waals surface area contributed by atoms with Crippen molar-refractivity contribution in [2.45, 2.75) is 219 Å². The van der Waals surface area contributed by atoms with E-state index in [9.17, 15) is 4.79 Å².